The first-order chi connectivity index (χ1) is 9.81. The normalized spacial score (nSPS) is 17.4. The highest BCUT2D eigenvalue weighted by Crippen LogP contribution is 2.35. The third-order valence-corrected chi connectivity index (χ3v) is 4.12. The first kappa shape index (κ1) is 15.1. The highest BCUT2D eigenvalue weighted by Gasteiger charge is 2.22. The predicted molar refractivity (Wildman–Crippen MR) is 82.3 cm³/mol. The second-order valence-electron chi connectivity index (χ2n) is 5.78. The lowest BCUT2D eigenvalue weighted by Crippen LogP contribution is -2.17. The Morgan fingerprint density at radius 3 is 2.85 bits per heavy atom. The molecule has 1 aromatic carbocycles. The zero-order valence-corrected chi connectivity index (χ0v) is 12.6. The Morgan fingerprint density at radius 2 is 2.00 bits per heavy atom. The molecule has 0 saturated heterocycles. The summed E-state index contributed by atoms with van der Waals surface area (Å²) in [5, 5.41) is 0. The zero-order chi connectivity index (χ0) is 14.2. The highest BCUT2D eigenvalue weighted by molar-refractivity contribution is 5.79. The molecule has 1 aromatic rings. The topological polar surface area (TPSA) is 26.3 Å². The van der Waals surface area contributed by atoms with Gasteiger partial charge >= 0.3 is 0 Å². The van der Waals surface area contributed by atoms with Crippen LogP contribution in [0.5, 0.6) is 5.75 Å². The molecule has 0 bridgehead atoms. The van der Waals surface area contributed by atoms with Gasteiger partial charge in [-0.25, -0.2) is 0 Å². The van der Waals surface area contributed by atoms with Gasteiger partial charge in [-0.2, -0.15) is 0 Å². The number of carbonyl (C=O) groups is 1. The first-order valence-corrected chi connectivity index (χ1v) is 8.04. The van der Waals surface area contributed by atoms with E-state index in [1.165, 1.54) is 31.2 Å². The average Bonchev–Trinajstić information content (AvgIpc) is 2.47. The van der Waals surface area contributed by atoms with Crippen LogP contribution in [-0.4, -0.2) is 12.4 Å². The van der Waals surface area contributed by atoms with Crippen molar-refractivity contribution in [3.8, 4) is 5.75 Å². The van der Waals surface area contributed by atoms with E-state index in [4.69, 9.17) is 4.74 Å². The molecule has 110 valence electrons. The number of Topliss-reactive ketones (excluding diaryl/α,β-unsaturated/α-hetero) is 1. The Hall–Kier alpha value is -1.31. The van der Waals surface area contributed by atoms with Crippen LogP contribution >= 0.6 is 0 Å². The summed E-state index contributed by atoms with van der Waals surface area (Å²) in [6, 6.07) is 8.15. The van der Waals surface area contributed by atoms with Crippen LogP contribution in [0.1, 0.15) is 69.8 Å². The van der Waals surface area contributed by atoms with Crippen molar-refractivity contribution in [3.63, 3.8) is 0 Å². The molecular weight excluding hydrogens is 248 g/mol. The summed E-state index contributed by atoms with van der Waals surface area (Å²) >= 11 is 0. The molecule has 2 heteroatoms. The number of para-hydroxylation sites is 1. The summed E-state index contributed by atoms with van der Waals surface area (Å²) in [5.41, 5.74) is 1.22. The van der Waals surface area contributed by atoms with Crippen molar-refractivity contribution in [1.82, 2.24) is 0 Å². The fraction of sp³-hybridized carbons (Fsp3) is 0.611. The van der Waals surface area contributed by atoms with Gasteiger partial charge in [0.1, 0.15) is 11.5 Å². The summed E-state index contributed by atoms with van der Waals surface area (Å²) in [4.78, 5) is 12.1. The van der Waals surface area contributed by atoms with E-state index < -0.39 is 0 Å². The van der Waals surface area contributed by atoms with Gasteiger partial charge in [0.05, 0.1) is 6.61 Å². The third kappa shape index (κ3) is 4.36. The maximum atomic E-state index is 12.1. The van der Waals surface area contributed by atoms with Gasteiger partial charge in [0.2, 0.25) is 0 Å². The molecule has 0 aromatic heterocycles. The van der Waals surface area contributed by atoms with Crippen molar-refractivity contribution in [2.75, 3.05) is 6.61 Å². The molecule has 0 radical (unpaired) electrons. The van der Waals surface area contributed by atoms with Gasteiger partial charge in [0.15, 0.2) is 0 Å². The largest absolute Gasteiger partial charge is 0.493 e. The van der Waals surface area contributed by atoms with Crippen LogP contribution in [0.4, 0.5) is 0 Å². The molecule has 1 heterocycles. The molecule has 0 aliphatic carbocycles. The van der Waals surface area contributed by atoms with Gasteiger partial charge in [-0.1, -0.05) is 50.8 Å². The number of carbonyl (C=O) groups excluding carboxylic acids is 1. The number of fused-ring (bicyclic) bond motifs is 1. The molecule has 1 aliphatic heterocycles. The molecule has 0 N–H and O–H groups in total. The van der Waals surface area contributed by atoms with Crippen molar-refractivity contribution < 1.29 is 9.53 Å². The Morgan fingerprint density at radius 1 is 1.20 bits per heavy atom. The lowest BCUT2D eigenvalue weighted by molar-refractivity contribution is -0.119. The van der Waals surface area contributed by atoms with Gasteiger partial charge in [0.25, 0.3) is 0 Å². The molecule has 0 spiro atoms. The molecule has 0 fully saturated rings. The second-order valence-corrected chi connectivity index (χ2v) is 5.78. The average molecular weight is 274 g/mol. The molecule has 1 atom stereocenters. The molecule has 1 aliphatic rings. The first-order valence-electron chi connectivity index (χ1n) is 8.04. The molecule has 2 rings (SSSR count). The standard InChI is InChI=1S/C18H26O2/c1-2-3-4-5-6-9-16(19)14-15-12-13-20-18-11-8-7-10-17(15)18/h7-8,10-11,15H,2-6,9,12-14H2,1H3. The summed E-state index contributed by atoms with van der Waals surface area (Å²) < 4.78 is 5.65. The van der Waals surface area contributed by atoms with Crippen LogP contribution in [-0.2, 0) is 4.79 Å². The summed E-state index contributed by atoms with van der Waals surface area (Å²) in [7, 11) is 0. The fourth-order valence-corrected chi connectivity index (χ4v) is 2.93. The Balaban J connectivity index is 1.78. The summed E-state index contributed by atoms with van der Waals surface area (Å²) in [6.45, 7) is 2.96. The number of rotatable bonds is 8. The Labute approximate surface area is 122 Å². The molecule has 0 amide bonds. The number of ether oxygens (including phenoxy) is 1. The van der Waals surface area contributed by atoms with Crippen LogP contribution in [0.2, 0.25) is 0 Å². The van der Waals surface area contributed by atoms with Crippen LogP contribution < -0.4 is 4.74 Å². The predicted octanol–water partition coefficient (Wildman–Crippen LogP) is 4.87. The SMILES string of the molecule is CCCCCCCC(=O)CC1CCOc2ccccc21. The number of hydrogen-bond acceptors (Lipinski definition) is 2. The van der Waals surface area contributed by atoms with E-state index in [2.05, 4.69) is 13.0 Å². The second kappa shape index (κ2) is 8.08. The number of ketones is 1. The monoisotopic (exact) mass is 274 g/mol. The van der Waals surface area contributed by atoms with E-state index in [0.29, 0.717) is 18.1 Å². The van der Waals surface area contributed by atoms with Crippen molar-refractivity contribution in [2.45, 2.75) is 64.2 Å². The van der Waals surface area contributed by atoms with Crippen LogP contribution in [0.3, 0.4) is 0 Å². The maximum Gasteiger partial charge on any atom is 0.133 e. The smallest absolute Gasteiger partial charge is 0.133 e. The fourth-order valence-electron chi connectivity index (χ4n) is 2.93. The van der Waals surface area contributed by atoms with Crippen molar-refractivity contribution >= 4 is 5.78 Å². The molecule has 1 unspecified atom stereocenters. The minimum absolute atomic E-state index is 0.364. The van der Waals surface area contributed by atoms with Gasteiger partial charge < -0.3 is 4.74 Å². The quantitative estimate of drug-likeness (QED) is 0.632. The number of unbranched alkanes of at least 4 members (excludes halogenated alkanes) is 4. The summed E-state index contributed by atoms with van der Waals surface area (Å²) in [5.74, 6) is 1.76. The minimum Gasteiger partial charge on any atom is -0.493 e. The van der Waals surface area contributed by atoms with Gasteiger partial charge in [0, 0.05) is 12.8 Å². The van der Waals surface area contributed by atoms with Crippen LogP contribution in [0.25, 0.3) is 0 Å². The Bertz CT molecular complexity index is 425. The molecule has 0 saturated carbocycles. The van der Waals surface area contributed by atoms with E-state index >= 15 is 0 Å². The van der Waals surface area contributed by atoms with Gasteiger partial charge in [-0.05, 0) is 30.4 Å². The molecule has 20 heavy (non-hydrogen) atoms. The van der Waals surface area contributed by atoms with Gasteiger partial charge in [-0.3, -0.25) is 4.79 Å². The van der Waals surface area contributed by atoms with E-state index in [0.717, 1.165) is 31.6 Å². The lowest BCUT2D eigenvalue weighted by atomic mass is 9.88. The zero-order valence-electron chi connectivity index (χ0n) is 12.6. The lowest BCUT2D eigenvalue weighted by Gasteiger charge is -2.25. The number of hydrogen-bond donors (Lipinski definition) is 0. The summed E-state index contributed by atoms with van der Waals surface area (Å²) in [6.07, 6.45) is 8.49. The number of benzene rings is 1. The minimum atomic E-state index is 0.364. The Kier molecular flexibility index (Phi) is 6.10. The van der Waals surface area contributed by atoms with Crippen LogP contribution in [0, 0.1) is 0 Å². The molecular formula is C18H26O2. The van der Waals surface area contributed by atoms with E-state index in [-0.39, 0.29) is 0 Å². The molecule has 2 nitrogen and oxygen atoms in total. The van der Waals surface area contributed by atoms with Crippen molar-refractivity contribution in [2.24, 2.45) is 0 Å². The van der Waals surface area contributed by atoms with E-state index in [9.17, 15) is 4.79 Å². The van der Waals surface area contributed by atoms with Crippen molar-refractivity contribution in [1.29, 1.82) is 0 Å². The van der Waals surface area contributed by atoms with Crippen LogP contribution in [0.15, 0.2) is 24.3 Å². The van der Waals surface area contributed by atoms with Gasteiger partial charge in [-0.15, -0.1) is 0 Å². The maximum absolute atomic E-state index is 12.1. The highest BCUT2D eigenvalue weighted by atomic mass is 16.5. The third-order valence-electron chi connectivity index (χ3n) is 4.12. The van der Waals surface area contributed by atoms with Crippen molar-refractivity contribution in [3.05, 3.63) is 29.8 Å². The van der Waals surface area contributed by atoms with E-state index in [1.807, 2.05) is 18.2 Å². The van der Waals surface area contributed by atoms with E-state index in [1.54, 1.807) is 0 Å².